The van der Waals surface area contributed by atoms with E-state index >= 15 is 0 Å². The maximum absolute atomic E-state index is 10.9. The average molecular weight is 181 g/mol. The van der Waals surface area contributed by atoms with Gasteiger partial charge in [0.1, 0.15) is 0 Å². The van der Waals surface area contributed by atoms with E-state index in [2.05, 4.69) is 26.8 Å². The van der Waals surface area contributed by atoms with Crippen molar-refractivity contribution in [3.8, 4) is 0 Å². The van der Waals surface area contributed by atoms with E-state index in [4.69, 9.17) is 5.73 Å². The molecule has 2 nitrogen and oxygen atoms in total. The van der Waals surface area contributed by atoms with Gasteiger partial charge in [-0.2, -0.15) is 0 Å². The molecule has 0 bridgehead atoms. The first-order valence-corrected chi connectivity index (χ1v) is 4.90. The van der Waals surface area contributed by atoms with E-state index in [0.29, 0.717) is 0 Å². The van der Waals surface area contributed by atoms with Crippen molar-refractivity contribution in [2.24, 2.45) is 17.1 Å². The van der Waals surface area contributed by atoms with E-state index in [9.17, 15) is 4.79 Å². The molecule has 1 aliphatic carbocycles. The van der Waals surface area contributed by atoms with E-state index in [1.54, 1.807) is 0 Å². The summed E-state index contributed by atoms with van der Waals surface area (Å²) in [6, 6.07) is 0. The summed E-state index contributed by atoms with van der Waals surface area (Å²) in [5.41, 5.74) is 6.97. The molecule has 13 heavy (non-hydrogen) atoms. The molecular formula is C11H19NO. The van der Waals surface area contributed by atoms with Gasteiger partial charge in [0.15, 0.2) is 0 Å². The minimum absolute atomic E-state index is 0.0751. The molecule has 0 saturated heterocycles. The van der Waals surface area contributed by atoms with Crippen molar-refractivity contribution in [2.75, 3.05) is 0 Å². The van der Waals surface area contributed by atoms with Gasteiger partial charge >= 0.3 is 0 Å². The van der Waals surface area contributed by atoms with Crippen LogP contribution in [0.1, 0.15) is 40.0 Å². The topological polar surface area (TPSA) is 43.1 Å². The molecule has 0 aromatic rings. The summed E-state index contributed by atoms with van der Waals surface area (Å²) in [5, 5.41) is 0. The predicted octanol–water partition coefficient (Wildman–Crippen LogP) is 2.24. The van der Waals surface area contributed by atoms with Crippen molar-refractivity contribution in [3.05, 3.63) is 11.6 Å². The number of hydrogen-bond donors (Lipinski definition) is 1. The molecule has 0 aliphatic heterocycles. The molecule has 2 heteroatoms. The van der Waals surface area contributed by atoms with Crippen molar-refractivity contribution in [2.45, 2.75) is 40.0 Å². The van der Waals surface area contributed by atoms with Crippen LogP contribution in [0.2, 0.25) is 0 Å². The molecule has 2 N–H and O–H groups in total. The van der Waals surface area contributed by atoms with Gasteiger partial charge in [0.05, 0.1) is 0 Å². The largest absolute Gasteiger partial charge is 0.369 e. The first kappa shape index (κ1) is 10.3. The Kier molecular flexibility index (Phi) is 2.79. The second kappa shape index (κ2) is 3.52. The Hall–Kier alpha value is -0.790. The highest BCUT2D eigenvalue weighted by molar-refractivity contribution is 5.77. The second-order valence-corrected chi connectivity index (χ2v) is 4.85. The van der Waals surface area contributed by atoms with Crippen molar-refractivity contribution >= 4 is 5.91 Å². The Morgan fingerprint density at radius 1 is 1.54 bits per heavy atom. The lowest BCUT2D eigenvalue weighted by Gasteiger charge is -2.28. The van der Waals surface area contributed by atoms with Gasteiger partial charge in [0.2, 0.25) is 5.91 Å². The molecule has 1 amide bonds. The third-order valence-electron chi connectivity index (χ3n) is 2.78. The summed E-state index contributed by atoms with van der Waals surface area (Å²) >= 11 is 0. The number of primary amides is 1. The molecule has 1 atom stereocenters. The van der Waals surface area contributed by atoms with Crippen LogP contribution in [0, 0.1) is 11.3 Å². The van der Waals surface area contributed by atoms with E-state index in [-0.39, 0.29) is 17.2 Å². The molecule has 1 aliphatic rings. The highest BCUT2D eigenvalue weighted by atomic mass is 16.1. The van der Waals surface area contributed by atoms with Crippen molar-refractivity contribution in [3.63, 3.8) is 0 Å². The van der Waals surface area contributed by atoms with Gasteiger partial charge in [-0.1, -0.05) is 32.4 Å². The highest BCUT2D eigenvalue weighted by Gasteiger charge is 2.24. The Bertz CT molecular complexity index is 235. The van der Waals surface area contributed by atoms with Gasteiger partial charge in [0, 0.05) is 5.92 Å². The molecule has 0 spiro atoms. The van der Waals surface area contributed by atoms with Crippen LogP contribution in [0.25, 0.3) is 0 Å². The Balaban J connectivity index is 2.63. The van der Waals surface area contributed by atoms with E-state index in [1.165, 1.54) is 5.57 Å². The summed E-state index contributed by atoms with van der Waals surface area (Å²) in [7, 11) is 0. The number of carbonyl (C=O) groups is 1. The van der Waals surface area contributed by atoms with Crippen LogP contribution < -0.4 is 5.73 Å². The first-order valence-electron chi connectivity index (χ1n) is 4.90. The molecule has 0 radical (unpaired) electrons. The second-order valence-electron chi connectivity index (χ2n) is 4.85. The number of carbonyl (C=O) groups excluding carboxylic acids is 1. The highest BCUT2D eigenvalue weighted by Crippen LogP contribution is 2.34. The molecule has 0 heterocycles. The first-order chi connectivity index (χ1) is 5.91. The minimum atomic E-state index is -0.149. The van der Waals surface area contributed by atoms with Crippen molar-refractivity contribution < 1.29 is 4.79 Å². The average Bonchev–Trinajstić information content (AvgIpc) is 2.03. The lowest BCUT2D eigenvalue weighted by Crippen LogP contribution is -2.26. The zero-order valence-corrected chi connectivity index (χ0v) is 8.76. The summed E-state index contributed by atoms with van der Waals surface area (Å²) in [6.45, 7) is 6.64. The fraction of sp³-hybridized carbons (Fsp3) is 0.727. The Labute approximate surface area is 80.2 Å². The van der Waals surface area contributed by atoms with Crippen LogP contribution in [0.15, 0.2) is 11.6 Å². The van der Waals surface area contributed by atoms with E-state index < -0.39 is 0 Å². The zero-order valence-electron chi connectivity index (χ0n) is 8.76. The normalized spacial score (nSPS) is 23.9. The van der Waals surface area contributed by atoms with Gasteiger partial charge in [-0.05, 0) is 24.7 Å². The van der Waals surface area contributed by atoms with Crippen LogP contribution in [-0.2, 0) is 4.79 Å². The van der Waals surface area contributed by atoms with Gasteiger partial charge in [-0.3, -0.25) is 4.79 Å². The molecule has 0 saturated carbocycles. The van der Waals surface area contributed by atoms with Gasteiger partial charge < -0.3 is 5.73 Å². The standard InChI is InChI=1S/C11H19NO/c1-11(2,3)9-6-4-8(5-7-9)10(12)13/h6,8H,4-5,7H2,1-3H3,(H2,12,13). The van der Waals surface area contributed by atoms with Gasteiger partial charge in [0.25, 0.3) is 0 Å². The molecule has 0 fully saturated rings. The van der Waals surface area contributed by atoms with Gasteiger partial charge in [-0.15, -0.1) is 0 Å². The van der Waals surface area contributed by atoms with Crippen LogP contribution in [0.5, 0.6) is 0 Å². The monoisotopic (exact) mass is 181 g/mol. The SMILES string of the molecule is CC(C)(C)C1=CCC(C(N)=O)CC1. The fourth-order valence-corrected chi connectivity index (χ4v) is 1.77. The number of hydrogen-bond acceptors (Lipinski definition) is 1. The Morgan fingerprint density at radius 2 is 2.15 bits per heavy atom. The smallest absolute Gasteiger partial charge is 0.220 e. The fourth-order valence-electron chi connectivity index (χ4n) is 1.77. The lowest BCUT2D eigenvalue weighted by atomic mass is 9.77. The maximum atomic E-state index is 10.9. The summed E-state index contributed by atoms with van der Waals surface area (Å²) < 4.78 is 0. The minimum Gasteiger partial charge on any atom is -0.369 e. The molecule has 1 unspecified atom stereocenters. The van der Waals surface area contributed by atoms with E-state index in [0.717, 1.165) is 19.3 Å². The third-order valence-corrected chi connectivity index (χ3v) is 2.78. The van der Waals surface area contributed by atoms with Crippen LogP contribution in [-0.4, -0.2) is 5.91 Å². The van der Waals surface area contributed by atoms with E-state index in [1.807, 2.05) is 0 Å². The zero-order chi connectivity index (χ0) is 10.1. The molecule has 1 rings (SSSR count). The number of nitrogens with two attached hydrogens (primary N) is 1. The van der Waals surface area contributed by atoms with Gasteiger partial charge in [-0.25, -0.2) is 0 Å². The molecule has 0 aromatic carbocycles. The van der Waals surface area contributed by atoms with Crippen LogP contribution >= 0.6 is 0 Å². The molecular weight excluding hydrogens is 162 g/mol. The van der Waals surface area contributed by atoms with Crippen molar-refractivity contribution in [1.82, 2.24) is 0 Å². The number of rotatable bonds is 1. The maximum Gasteiger partial charge on any atom is 0.220 e. The Morgan fingerprint density at radius 3 is 2.46 bits per heavy atom. The number of allylic oxidation sites excluding steroid dienone is 2. The summed E-state index contributed by atoms with van der Waals surface area (Å²) in [4.78, 5) is 10.9. The predicted molar refractivity (Wildman–Crippen MR) is 54.1 cm³/mol. The third kappa shape index (κ3) is 2.58. The summed E-state index contributed by atoms with van der Waals surface area (Å²) in [5.74, 6) is -0.0738. The van der Waals surface area contributed by atoms with Crippen molar-refractivity contribution in [1.29, 1.82) is 0 Å². The summed E-state index contributed by atoms with van der Waals surface area (Å²) in [6.07, 6.45) is 4.98. The molecule has 74 valence electrons. The lowest BCUT2D eigenvalue weighted by molar-refractivity contribution is -0.122. The van der Waals surface area contributed by atoms with Crippen LogP contribution in [0.4, 0.5) is 0 Å². The van der Waals surface area contributed by atoms with Crippen LogP contribution in [0.3, 0.4) is 0 Å². The quantitative estimate of drug-likeness (QED) is 0.619. The number of amides is 1. The molecule has 0 aromatic heterocycles.